The number of carboxylic acids is 1. The molecule has 0 saturated heterocycles. The first-order valence-electron chi connectivity index (χ1n) is 6.76. The third kappa shape index (κ3) is 5.03. The summed E-state index contributed by atoms with van der Waals surface area (Å²) >= 11 is 0. The lowest BCUT2D eigenvalue weighted by molar-refractivity contribution is -0.133. The smallest absolute Gasteiger partial charge is 0.331 e. The predicted molar refractivity (Wildman–Crippen MR) is 71.8 cm³/mol. The van der Waals surface area contributed by atoms with Gasteiger partial charge in [0, 0.05) is 12.5 Å². The minimum Gasteiger partial charge on any atom is -0.478 e. The van der Waals surface area contributed by atoms with Crippen LogP contribution in [-0.2, 0) is 14.3 Å². The lowest BCUT2D eigenvalue weighted by atomic mass is 9.92. The van der Waals surface area contributed by atoms with E-state index in [9.17, 15) is 9.59 Å². The Balaban J connectivity index is 2.72. The van der Waals surface area contributed by atoms with E-state index in [0.717, 1.165) is 6.42 Å². The topological polar surface area (TPSA) is 75.6 Å². The summed E-state index contributed by atoms with van der Waals surface area (Å²) in [6.45, 7) is 6.19. The molecule has 5 heteroatoms. The number of hydrogen-bond acceptors (Lipinski definition) is 3. The van der Waals surface area contributed by atoms with Crippen molar-refractivity contribution in [2.45, 2.75) is 52.2 Å². The molecule has 0 aromatic rings. The lowest BCUT2D eigenvalue weighted by Crippen LogP contribution is -2.45. The van der Waals surface area contributed by atoms with Crippen LogP contribution in [0.25, 0.3) is 0 Å². The van der Waals surface area contributed by atoms with Crippen molar-refractivity contribution in [2.75, 3.05) is 6.61 Å². The summed E-state index contributed by atoms with van der Waals surface area (Å²) in [4.78, 5) is 22.2. The third-order valence-corrected chi connectivity index (χ3v) is 3.42. The molecule has 0 heterocycles. The van der Waals surface area contributed by atoms with Gasteiger partial charge in [-0.3, -0.25) is 4.79 Å². The number of rotatable bonds is 6. The molecule has 1 unspecified atom stereocenters. The van der Waals surface area contributed by atoms with Gasteiger partial charge in [-0.05, 0) is 24.8 Å². The number of carbonyl (C=O) groups is 2. The standard InChI is InChI=1S/C14H23NO4/c1-4-9(2)8-19-13-7-11(14(17)18)5-6-12(13)15-10(3)16/h7,9,12-13H,4-6,8H2,1-3H3,(H,15,16)(H,17,18)/t9?,12-,13+/m1/s1. The lowest BCUT2D eigenvalue weighted by Gasteiger charge is -2.30. The summed E-state index contributed by atoms with van der Waals surface area (Å²) in [5, 5.41) is 11.9. The molecule has 1 amide bonds. The molecule has 5 nitrogen and oxygen atoms in total. The van der Waals surface area contributed by atoms with Gasteiger partial charge in [0.2, 0.25) is 5.91 Å². The fourth-order valence-corrected chi connectivity index (χ4v) is 2.02. The quantitative estimate of drug-likeness (QED) is 0.770. The average Bonchev–Trinajstić information content (AvgIpc) is 2.36. The molecule has 1 aliphatic rings. The second-order valence-corrected chi connectivity index (χ2v) is 5.15. The highest BCUT2D eigenvalue weighted by molar-refractivity contribution is 5.87. The largest absolute Gasteiger partial charge is 0.478 e. The number of carboxylic acid groups (broad SMARTS) is 1. The first-order chi connectivity index (χ1) is 8.93. The molecule has 0 fully saturated rings. The zero-order valence-corrected chi connectivity index (χ0v) is 11.8. The molecule has 19 heavy (non-hydrogen) atoms. The Morgan fingerprint density at radius 2 is 2.26 bits per heavy atom. The molecule has 0 spiro atoms. The molecule has 1 aliphatic carbocycles. The summed E-state index contributed by atoms with van der Waals surface area (Å²) in [5.41, 5.74) is 0.371. The Hall–Kier alpha value is -1.36. The Morgan fingerprint density at radius 1 is 1.58 bits per heavy atom. The molecule has 0 aromatic heterocycles. The molecule has 0 aliphatic heterocycles. The minimum absolute atomic E-state index is 0.116. The highest BCUT2D eigenvalue weighted by atomic mass is 16.5. The van der Waals surface area contributed by atoms with Crippen molar-refractivity contribution in [3.8, 4) is 0 Å². The normalized spacial score (nSPS) is 24.5. The Labute approximate surface area is 114 Å². The van der Waals surface area contributed by atoms with Gasteiger partial charge in [-0.15, -0.1) is 0 Å². The number of ether oxygens (including phenoxy) is 1. The number of carbonyl (C=O) groups excluding carboxylic acids is 1. The SMILES string of the molecule is CCC(C)CO[C@H]1C=C(C(=O)O)CC[C@H]1NC(C)=O. The fourth-order valence-electron chi connectivity index (χ4n) is 2.02. The van der Waals surface area contributed by atoms with E-state index in [-0.39, 0.29) is 18.1 Å². The maximum absolute atomic E-state index is 11.2. The van der Waals surface area contributed by atoms with Crippen molar-refractivity contribution >= 4 is 11.9 Å². The van der Waals surface area contributed by atoms with E-state index in [1.54, 1.807) is 6.08 Å². The van der Waals surface area contributed by atoms with Crippen LogP contribution in [0.15, 0.2) is 11.6 Å². The zero-order valence-electron chi connectivity index (χ0n) is 11.8. The van der Waals surface area contributed by atoms with Crippen LogP contribution in [-0.4, -0.2) is 35.7 Å². The molecular formula is C14H23NO4. The summed E-state index contributed by atoms with van der Waals surface area (Å²) in [5.74, 6) is -0.602. The van der Waals surface area contributed by atoms with Gasteiger partial charge in [-0.25, -0.2) is 4.79 Å². The number of aliphatic carboxylic acids is 1. The molecule has 0 aromatic carbocycles. The van der Waals surface area contributed by atoms with Crippen LogP contribution in [0.3, 0.4) is 0 Å². The van der Waals surface area contributed by atoms with Crippen molar-refractivity contribution < 1.29 is 19.4 Å². The van der Waals surface area contributed by atoms with Crippen molar-refractivity contribution in [1.29, 1.82) is 0 Å². The van der Waals surface area contributed by atoms with Crippen molar-refractivity contribution in [3.05, 3.63) is 11.6 Å². The number of nitrogens with one attached hydrogen (secondary N) is 1. The molecular weight excluding hydrogens is 246 g/mol. The van der Waals surface area contributed by atoms with Gasteiger partial charge in [0.15, 0.2) is 0 Å². The van der Waals surface area contributed by atoms with Crippen LogP contribution >= 0.6 is 0 Å². The molecule has 3 atom stereocenters. The molecule has 0 saturated carbocycles. The maximum atomic E-state index is 11.2. The Morgan fingerprint density at radius 3 is 2.79 bits per heavy atom. The van der Waals surface area contributed by atoms with Crippen molar-refractivity contribution in [3.63, 3.8) is 0 Å². The maximum Gasteiger partial charge on any atom is 0.331 e. The second kappa shape index (κ2) is 7.28. The Bertz CT molecular complexity index is 364. The number of hydrogen-bond donors (Lipinski definition) is 2. The van der Waals surface area contributed by atoms with Gasteiger partial charge < -0.3 is 15.2 Å². The van der Waals surface area contributed by atoms with E-state index in [2.05, 4.69) is 19.2 Å². The van der Waals surface area contributed by atoms with E-state index in [4.69, 9.17) is 9.84 Å². The van der Waals surface area contributed by atoms with Crippen molar-refractivity contribution in [1.82, 2.24) is 5.32 Å². The van der Waals surface area contributed by atoms with E-state index in [1.807, 2.05) is 0 Å². The predicted octanol–water partition coefficient (Wildman–Crippen LogP) is 1.73. The summed E-state index contributed by atoms with van der Waals surface area (Å²) in [6.07, 6.45) is 3.35. The van der Waals surface area contributed by atoms with Crippen LogP contribution in [0.4, 0.5) is 0 Å². The van der Waals surface area contributed by atoms with Crippen LogP contribution in [0, 0.1) is 5.92 Å². The first kappa shape index (κ1) is 15.7. The first-order valence-corrected chi connectivity index (χ1v) is 6.76. The van der Waals surface area contributed by atoms with Crippen molar-refractivity contribution in [2.24, 2.45) is 5.92 Å². The van der Waals surface area contributed by atoms with Gasteiger partial charge in [-0.2, -0.15) is 0 Å². The molecule has 2 N–H and O–H groups in total. The average molecular weight is 269 g/mol. The monoisotopic (exact) mass is 269 g/mol. The van der Waals surface area contributed by atoms with Gasteiger partial charge in [0.05, 0.1) is 18.8 Å². The molecule has 0 radical (unpaired) electrons. The van der Waals surface area contributed by atoms with Gasteiger partial charge in [-0.1, -0.05) is 20.3 Å². The van der Waals surface area contributed by atoms with Crippen LogP contribution in [0.1, 0.15) is 40.0 Å². The second-order valence-electron chi connectivity index (χ2n) is 5.15. The van der Waals surface area contributed by atoms with E-state index in [1.165, 1.54) is 6.92 Å². The number of amides is 1. The Kier molecular flexibility index (Phi) is 6.02. The fraction of sp³-hybridized carbons (Fsp3) is 0.714. The van der Waals surface area contributed by atoms with E-state index in [0.29, 0.717) is 30.9 Å². The van der Waals surface area contributed by atoms with Gasteiger partial charge >= 0.3 is 5.97 Å². The summed E-state index contributed by atoms with van der Waals surface area (Å²) in [6, 6.07) is -0.135. The summed E-state index contributed by atoms with van der Waals surface area (Å²) in [7, 11) is 0. The van der Waals surface area contributed by atoms with Gasteiger partial charge in [0.1, 0.15) is 0 Å². The zero-order chi connectivity index (χ0) is 14.4. The minimum atomic E-state index is -0.904. The third-order valence-electron chi connectivity index (χ3n) is 3.42. The molecule has 1 rings (SSSR count). The van der Waals surface area contributed by atoms with Crippen LogP contribution in [0.2, 0.25) is 0 Å². The van der Waals surface area contributed by atoms with E-state index < -0.39 is 5.97 Å². The van der Waals surface area contributed by atoms with Crippen LogP contribution in [0.5, 0.6) is 0 Å². The van der Waals surface area contributed by atoms with E-state index >= 15 is 0 Å². The molecule has 108 valence electrons. The van der Waals surface area contributed by atoms with Crippen LogP contribution < -0.4 is 5.32 Å². The van der Waals surface area contributed by atoms with Gasteiger partial charge in [0.25, 0.3) is 0 Å². The highest BCUT2D eigenvalue weighted by Gasteiger charge is 2.28. The highest BCUT2D eigenvalue weighted by Crippen LogP contribution is 2.22. The summed E-state index contributed by atoms with van der Waals surface area (Å²) < 4.78 is 5.78. The molecule has 0 bridgehead atoms.